The summed E-state index contributed by atoms with van der Waals surface area (Å²) >= 11 is 18.4. The zero-order valence-corrected chi connectivity index (χ0v) is 15.9. The molecule has 0 bridgehead atoms. The number of rotatable bonds is 5. The summed E-state index contributed by atoms with van der Waals surface area (Å²) in [5, 5.41) is 16.6. The van der Waals surface area contributed by atoms with Gasteiger partial charge >= 0.3 is 0 Å². The first-order valence-electron chi connectivity index (χ1n) is 6.80. The van der Waals surface area contributed by atoms with E-state index in [9.17, 15) is 5.11 Å². The maximum atomic E-state index is 11.3. The lowest BCUT2D eigenvalue weighted by molar-refractivity contribution is 0.0333. The van der Waals surface area contributed by atoms with Crippen molar-refractivity contribution in [3.05, 3.63) is 45.4 Å². The fraction of sp³-hybridized carbons (Fsp3) is 0.429. The molecule has 0 saturated heterocycles. The van der Waals surface area contributed by atoms with E-state index >= 15 is 0 Å². The van der Waals surface area contributed by atoms with Crippen LogP contribution >= 0.6 is 34.8 Å². The van der Waals surface area contributed by atoms with Gasteiger partial charge in [-0.1, -0.05) is 54.4 Å². The van der Waals surface area contributed by atoms with Gasteiger partial charge in [-0.3, -0.25) is 0 Å². The molecular weight excluding hydrogens is 361 g/mol. The Morgan fingerprint density at radius 3 is 2.32 bits per heavy atom. The van der Waals surface area contributed by atoms with Crippen LogP contribution in [0.15, 0.2) is 24.8 Å². The summed E-state index contributed by atoms with van der Waals surface area (Å²) in [5.41, 5.74) is -0.606. The first kappa shape index (κ1) is 17.8. The summed E-state index contributed by atoms with van der Waals surface area (Å²) < 4.78 is 1.60. The second kappa shape index (κ2) is 6.49. The molecule has 2 rings (SSSR count). The van der Waals surface area contributed by atoms with Gasteiger partial charge in [0.1, 0.15) is 18.3 Å². The number of aromatic nitrogens is 3. The van der Waals surface area contributed by atoms with Gasteiger partial charge in [0.2, 0.25) is 0 Å². The molecule has 0 aliphatic heterocycles. The molecule has 1 unspecified atom stereocenters. The van der Waals surface area contributed by atoms with Gasteiger partial charge in [0.25, 0.3) is 0 Å². The molecule has 22 heavy (non-hydrogen) atoms. The molecule has 0 aliphatic carbocycles. The molecule has 2 aromatic rings. The molecule has 1 atom stereocenters. The van der Waals surface area contributed by atoms with E-state index in [1.54, 1.807) is 23.1 Å². The molecule has 0 aliphatic rings. The number of halogens is 3. The van der Waals surface area contributed by atoms with Crippen LogP contribution in [0.25, 0.3) is 0 Å². The number of benzene rings is 1. The van der Waals surface area contributed by atoms with Gasteiger partial charge in [0.15, 0.2) is 0 Å². The molecule has 0 radical (unpaired) electrons. The first-order valence-corrected chi connectivity index (χ1v) is 11.6. The van der Waals surface area contributed by atoms with Crippen LogP contribution in [0.3, 0.4) is 0 Å². The molecule has 4 nitrogen and oxygen atoms in total. The minimum absolute atomic E-state index is 0.259. The monoisotopic (exact) mass is 377 g/mol. The molecule has 1 aromatic carbocycles. The molecule has 1 aromatic heterocycles. The fourth-order valence-corrected chi connectivity index (χ4v) is 5.35. The average Bonchev–Trinajstić information content (AvgIpc) is 2.83. The smallest absolute Gasteiger partial charge is 0.137 e. The van der Waals surface area contributed by atoms with Crippen molar-refractivity contribution < 1.29 is 5.11 Å². The van der Waals surface area contributed by atoms with Crippen LogP contribution < -0.4 is 0 Å². The minimum Gasteiger partial charge on any atom is -0.383 e. The van der Waals surface area contributed by atoms with Crippen LogP contribution in [0.5, 0.6) is 0 Å². The normalized spacial score (nSPS) is 14.9. The van der Waals surface area contributed by atoms with Gasteiger partial charge in [-0.25, -0.2) is 9.67 Å². The topological polar surface area (TPSA) is 50.9 Å². The summed E-state index contributed by atoms with van der Waals surface area (Å²) in [6.45, 7) is 6.81. The highest BCUT2D eigenvalue weighted by atomic mass is 35.5. The van der Waals surface area contributed by atoms with E-state index in [4.69, 9.17) is 34.8 Å². The summed E-state index contributed by atoms with van der Waals surface area (Å²) in [4.78, 5) is 3.92. The van der Waals surface area contributed by atoms with Gasteiger partial charge in [-0.15, -0.1) is 0 Å². The third-order valence-corrected chi connectivity index (χ3v) is 5.90. The van der Waals surface area contributed by atoms with Crippen LogP contribution in [0.2, 0.25) is 40.8 Å². The van der Waals surface area contributed by atoms with Gasteiger partial charge in [-0.05, 0) is 18.2 Å². The molecule has 0 spiro atoms. The Morgan fingerprint density at radius 2 is 1.77 bits per heavy atom. The molecule has 0 fully saturated rings. The zero-order chi connectivity index (χ0) is 16.5. The Morgan fingerprint density at radius 1 is 1.14 bits per heavy atom. The number of hydrogen-bond acceptors (Lipinski definition) is 3. The minimum atomic E-state index is -1.61. The fourth-order valence-electron chi connectivity index (χ4n) is 2.58. The predicted molar refractivity (Wildman–Crippen MR) is 93.5 cm³/mol. The Hall–Kier alpha value is -0.593. The maximum absolute atomic E-state index is 11.3. The molecule has 0 amide bonds. The molecule has 1 N–H and O–H groups in total. The van der Waals surface area contributed by atoms with Gasteiger partial charge in [-0.2, -0.15) is 5.10 Å². The molecule has 0 saturated carbocycles. The van der Waals surface area contributed by atoms with Crippen molar-refractivity contribution in [3.63, 3.8) is 0 Å². The third-order valence-electron chi connectivity index (χ3n) is 3.22. The van der Waals surface area contributed by atoms with Crippen molar-refractivity contribution in [3.8, 4) is 0 Å². The number of nitrogens with zero attached hydrogens (tertiary/aromatic N) is 3. The van der Waals surface area contributed by atoms with Crippen LogP contribution in [0, 0.1) is 0 Å². The largest absolute Gasteiger partial charge is 0.383 e. The summed E-state index contributed by atoms with van der Waals surface area (Å²) in [5.74, 6) is 0. The Labute approximate surface area is 146 Å². The van der Waals surface area contributed by atoms with Crippen molar-refractivity contribution in [1.82, 2.24) is 14.8 Å². The van der Waals surface area contributed by atoms with E-state index in [0.717, 1.165) is 0 Å². The van der Waals surface area contributed by atoms with E-state index in [-0.39, 0.29) is 6.54 Å². The van der Waals surface area contributed by atoms with E-state index in [1.807, 2.05) is 0 Å². The van der Waals surface area contributed by atoms with Crippen molar-refractivity contribution in [2.24, 2.45) is 0 Å². The summed E-state index contributed by atoms with van der Waals surface area (Å²) in [6, 6.07) is 3.82. The third kappa shape index (κ3) is 4.23. The molecular formula is C14H18Cl3N3OSi. The second-order valence-corrected chi connectivity index (χ2v) is 13.3. The average molecular weight is 379 g/mol. The molecule has 8 heteroatoms. The molecule has 120 valence electrons. The molecule has 1 heterocycles. The van der Waals surface area contributed by atoms with E-state index < -0.39 is 13.7 Å². The highest BCUT2D eigenvalue weighted by Crippen LogP contribution is 2.40. The van der Waals surface area contributed by atoms with Crippen LogP contribution in [0.4, 0.5) is 0 Å². The lowest BCUT2D eigenvalue weighted by Gasteiger charge is -2.34. The SMILES string of the molecule is C[Si](C)(C)CC(O)(Cn1cncn1)c1cc(Cl)c(Cl)cc1Cl. The predicted octanol–water partition coefficient (Wildman–Crippen LogP) is 4.46. The van der Waals surface area contributed by atoms with Gasteiger partial charge < -0.3 is 5.11 Å². The van der Waals surface area contributed by atoms with E-state index in [0.29, 0.717) is 26.7 Å². The summed E-state index contributed by atoms with van der Waals surface area (Å²) in [6.07, 6.45) is 3.01. The second-order valence-electron chi connectivity index (χ2n) is 6.61. The maximum Gasteiger partial charge on any atom is 0.137 e. The zero-order valence-electron chi connectivity index (χ0n) is 12.6. The van der Waals surface area contributed by atoms with Crippen molar-refractivity contribution in [2.45, 2.75) is 37.8 Å². The lowest BCUT2D eigenvalue weighted by Crippen LogP contribution is -2.39. The Kier molecular flexibility index (Phi) is 5.24. The highest BCUT2D eigenvalue weighted by molar-refractivity contribution is 6.76. The summed E-state index contributed by atoms with van der Waals surface area (Å²) in [7, 11) is -1.61. The lowest BCUT2D eigenvalue weighted by atomic mass is 9.95. The number of aliphatic hydroxyl groups is 1. The van der Waals surface area contributed by atoms with Crippen molar-refractivity contribution >= 4 is 42.9 Å². The number of hydrogen-bond donors (Lipinski definition) is 1. The van der Waals surface area contributed by atoms with Gasteiger partial charge in [0.05, 0.1) is 16.6 Å². The quantitative estimate of drug-likeness (QED) is 0.617. The van der Waals surface area contributed by atoms with Crippen LogP contribution in [-0.4, -0.2) is 27.9 Å². The standard InChI is InChI=1S/C14H18Cl3N3OSi/c1-22(2,3)7-14(21,6-20-9-18-8-19-20)10-4-12(16)13(17)5-11(10)15/h4-5,8-9,21H,6-7H2,1-3H3. The van der Waals surface area contributed by atoms with E-state index in [2.05, 4.69) is 29.7 Å². The van der Waals surface area contributed by atoms with E-state index in [1.165, 1.54) is 6.33 Å². The van der Waals surface area contributed by atoms with Crippen molar-refractivity contribution in [2.75, 3.05) is 0 Å². The first-order chi connectivity index (χ1) is 10.1. The van der Waals surface area contributed by atoms with Crippen molar-refractivity contribution in [1.29, 1.82) is 0 Å². The van der Waals surface area contributed by atoms with Gasteiger partial charge in [0, 0.05) is 18.7 Å². The van der Waals surface area contributed by atoms with Crippen LogP contribution in [0.1, 0.15) is 5.56 Å². The highest BCUT2D eigenvalue weighted by Gasteiger charge is 2.37. The van der Waals surface area contributed by atoms with Crippen LogP contribution in [-0.2, 0) is 12.1 Å². The Balaban J connectivity index is 2.50. The Bertz CT molecular complexity index is 658.